The molecule has 3 heterocycles. The van der Waals surface area contributed by atoms with Crippen molar-refractivity contribution in [1.82, 2.24) is 4.90 Å². The van der Waals surface area contributed by atoms with Crippen molar-refractivity contribution < 1.29 is 14.3 Å². The van der Waals surface area contributed by atoms with Crippen LogP contribution in [0.1, 0.15) is 20.8 Å². The molecule has 0 N–H and O–H groups in total. The fourth-order valence-corrected chi connectivity index (χ4v) is 3.42. The largest absolute Gasteiger partial charge is 0.361 e. The van der Waals surface area contributed by atoms with E-state index in [0.717, 1.165) is 0 Å². The Kier molecular flexibility index (Phi) is 1.81. The molecule has 3 aliphatic rings. The van der Waals surface area contributed by atoms with Gasteiger partial charge in [0, 0.05) is 7.05 Å². The van der Waals surface area contributed by atoms with Crippen molar-refractivity contribution in [1.29, 1.82) is 0 Å². The lowest BCUT2D eigenvalue weighted by Gasteiger charge is -2.40. The van der Waals surface area contributed by atoms with Gasteiger partial charge in [0.15, 0.2) is 0 Å². The van der Waals surface area contributed by atoms with Crippen LogP contribution in [-0.2, 0) is 14.3 Å². The first-order valence-corrected chi connectivity index (χ1v) is 5.98. The minimum absolute atomic E-state index is 0.0956. The molecule has 0 aromatic rings. The van der Waals surface area contributed by atoms with Crippen LogP contribution in [0.15, 0.2) is 12.2 Å². The summed E-state index contributed by atoms with van der Waals surface area (Å²) in [7, 11) is 1.57. The van der Waals surface area contributed by atoms with Gasteiger partial charge >= 0.3 is 0 Å². The highest BCUT2D eigenvalue weighted by Gasteiger charge is 2.69. The summed E-state index contributed by atoms with van der Waals surface area (Å²) in [6.45, 7) is 6.16. The lowest BCUT2D eigenvalue weighted by atomic mass is 9.65. The van der Waals surface area contributed by atoms with E-state index in [9.17, 15) is 9.59 Å². The Morgan fingerprint density at radius 1 is 1.29 bits per heavy atom. The Labute approximate surface area is 101 Å². The van der Waals surface area contributed by atoms with Crippen molar-refractivity contribution in [2.45, 2.75) is 32.5 Å². The van der Waals surface area contributed by atoms with E-state index in [2.05, 4.69) is 20.8 Å². The second kappa shape index (κ2) is 2.80. The van der Waals surface area contributed by atoms with E-state index in [1.165, 1.54) is 4.90 Å². The zero-order valence-electron chi connectivity index (χ0n) is 10.6. The van der Waals surface area contributed by atoms with Gasteiger partial charge in [-0.3, -0.25) is 14.5 Å². The molecule has 17 heavy (non-hydrogen) atoms. The van der Waals surface area contributed by atoms with Gasteiger partial charge in [-0.05, 0) is 5.41 Å². The second-order valence-electron chi connectivity index (χ2n) is 6.22. The first-order chi connectivity index (χ1) is 7.79. The summed E-state index contributed by atoms with van der Waals surface area (Å²) in [5.74, 6) is -0.839. The Hall–Kier alpha value is -1.16. The van der Waals surface area contributed by atoms with E-state index >= 15 is 0 Å². The number of hydrogen-bond acceptors (Lipinski definition) is 3. The van der Waals surface area contributed by atoms with Crippen LogP contribution >= 0.6 is 0 Å². The number of imide groups is 1. The molecule has 0 saturated carbocycles. The third-order valence-electron chi connectivity index (χ3n) is 4.42. The number of ether oxygens (including phenoxy) is 1. The zero-order chi connectivity index (χ0) is 12.6. The van der Waals surface area contributed by atoms with Gasteiger partial charge in [0.2, 0.25) is 11.8 Å². The number of carbonyl (C=O) groups excluding carboxylic acids is 2. The molecule has 2 unspecified atom stereocenters. The Bertz CT molecular complexity index is 448. The number of amides is 2. The minimum Gasteiger partial charge on any atom is -0.361 e. The van der Waals surface area contributed by atoms with Gasteiger partial charge < -0.3 is 4.74 Å². The predicted molar refractivity (Wildman–Crippen MR) is 61.0 cm³/mol. The summed E-state index contributed by atoms with van der Waals surface area (Å²) < 4.78 is 6.00. The highest BCUT2D eigenvalue weighted by atomic mass is 16.5. The van der Waals surface area contributed by atoms with Gasteiger partial charge in [0.1, 0.15) is 5.60 Å². The van der Waals surface area contributed by atoms with Gasteiger partial charge in [-0.1, -0.05) is 32.9 Å². The van der Waals surface area contributed by atoms with Crippen molar-refractivity contribution in [3.8, 4) is 0 Å². The maximum Gasteiger partial charge on any atom is 0.236 e. The summed E-state index contributed by atoms with van der Waals surface area (Å²) in [5, 5.41) is 0. The van der Waals surface area contributed by atoms with Gasteiger partial charge in [-0.2, -0.15) is 0 Å². The summed E-state index contributed by atoms with van der Waals surface area (Å²) >= 11 is 0. The van der Waals surface area contributed by atoms with E-state index < -0.39 is 5.60 Å². The van der Waals surface area contributed by atoms with Crippen molar-refractivity contribution in [3.63, 3.8) is 0 Å². The van der Waals surface area contributed by atoms with Crippen molar-refractivity contribution in [2.24, 2.45) is 17.3 Å². The molecule has 3 rings (SSSR count). The highest BCUT2D eigenvalue weighted by molar-refractivity contribution is 6.07. The molecule has 4 atom stereocenters. The van der Waals surface area contributed by atoms with E-state index in [-0.39, 0.29) is 35.2 Å². The number of fused-ring (bicyclic) bond motifs is 5. The van der Waals surface area contributed by atoms with Gasteiger partial charge in [0.25, 0.3) is 0 Å². The summed E-state index contributed by atoms with van der Waals surface area (Å²) in [5.41, 5.74) is -0.807. The quantitative estimate of drug-likeness (QED) is 0.464. The molecular weight excluding hydrogens is 218 g/mol. The fourth-order valence-electron chi connectivity index (χ4n) is 3.42. The normalized spacial score (nSPS) is 43.8. The first-order valence-electron chi connectivity index (χ1n) is 5.98. The monoisotopic (exact) mass is 235 g/mol. The topological polar surface area (TPSA) is 46.6 Å². The van der Waals surface area contributed by atoms with E-state index in [4.69, 9.17) is 4.74 Å². The summed E-state index contributed by atoms with van der Waals surface area (Å²) in [6.07, 6.45) is 3.71. The van der Waals surface area contributed by atoms with Gasteiger partial charge in [-0.25, -0.2) is 0 Å². The molecule has 2 fully saturated rings. The van der Waals surface area contributed by atoms with E-state index in [0.29, 0.717) is 0 Å². The number of likely N-dealkylation sites (tertiary alicyclic amines) is 1. The number of rotatable bonds is 0. The average Bonchev–Trinajstić information content (AvgIpc) is 2.86. The molecule has 4 heteroatoms. The zero-order valence-corrected chi connectivity index (χ0v) is 10.6. The van der Waals surface area contributed by atoms with Crippen LogP contribution < -0.4 is 0 Å². The van der Waals surface area contributed by atoms with Crippen molar-refractivity contribution >= 4 is 11.8 Å². The number of nitrogens with zero attached hydrogens (tertiary/aromatic N) is 1. The molecule has 0 radical (unpaired) electrons. The van der Waals surface area contributed by atoms with Crippen LogP contribution in [0.25, 0.3) is 0 Å². The van der Waals surface area contributed by atoms with Crippen LogP contribution in [0.4, 0.5) is 0 Å². The average molecular weight is 235 g/mol. The molecule has 92 valence electrons. The maximum atomic E-state index is 12.2. The highest BCUT2D eigenvalue weighted by Crippen LogP contribution is 2.58. The standard InChI is InChI=1S/C13H17NO3/c1-12(2,3)13-6-5-7(17-13)8-9(13)11(16)14(4)10(8)15/h5-9H,1-4H3/t7-,8?,9?,13+/m0/s1. The van der Waals surface area contributed by atoms with Crippen LogP contribution in [0.2, 0.25) is 0 Å². The fraction of sp³-hybridized carbons (Fsp3) is 0.692. The molecule has 3 aliphatic heterocycles. The smallest absolute Gasteiger partial charge is 0.236 e. The Morgan fingerprint density at radius 3 is 2.53 bits per heavy atom. The maximum absolute atomic E-state index is 12.2. The second-order valence-corrected chi connectivity index (χ2v) is 6.22. The van der Waals surface area contributed by atoms with Crippen molar-refractivity contribution in [3.05, 3.63) is 12.2 Å². The lowest BCUT2D eigenvalue weighted by molar-refractivity contribution is -0.146. The molecule has 2 bridgehead atoms. The summed E-state index contributed by atoms with van der Waals surface area (Å²) in [4.78, 5) is 25.5. The van der Waals surface area contributed by atoms with Gasteiger partial charge in [0.05, 0.1) is 17.9 Å². The molecule has 2 amide bonds. The molecule has 4 nitrogen and oxygen atoms in total. The van der Waals surface area contributed by atoms with Crippen molar-refractivity contribution in [2.75, 3.05) is 7.05 Å². The van der Waals surface area contributed by atoms with Crippen LogP contribution in [0, 0.1) is 17.3 Å². The summed E-state index contributed by atoms with van der Waals surface area (Å²) in [6, 6.07) is 0. The molecule has 0 aromatic heterocycles. The van der Waals surface area contributed by atoms with Crippen LogP contribution in [0.3, 0.4) is 0 Å². The molecular formula is C13H17NO3. The third kappa shape index (κ3) is 1.03. The minimum atomic E-state index is -0.611. The Morgan fingerprint density at radius 2 is 1.94 bits per heavy atom. The molecule has 2 saturated heterocycles. The van der Waals surface area contributed by atoms with E-state index in [1.807, 2.05) is 12.2 Å². The lowest BCUT2D eigenvalue weighted by Crippen LogP contribution is -2.49. The molecule has 0 spiro atoms. The van der Waals surface area contributed by atoms with Crippen LogP contribution in [0.5, 0.6) is 0 Å². The first kappa shape index (κ1) is 11.0. The number of hydrogen-bond donors (Lipinski definition) is 0. The molecule has 0 aliphatic carbocycles. The molecule has 0 aromatic carbocycles. The SMILES string of the molecule is CN1C(=O)C2C(C1=O)[C@@]1(C(C)(C)C)C=C[C@@H]2O1. The predicted octanol–water partition coefficient (Wildman–Crippen LogP) is 0.971. The Balaban J connectivity index is 2.14. The van der Waals surface area contributed by atoms with Crippen LogP contribution in [-0.4, -0.2) is 35.5 Å². The third-order valence-corrected chi connectivity index (χ3v) is 4.42. The number of carbonyl (C=O) groups is 2. The van der Waals surface area contributed by atoms with Gasteiger partial charge in [-0.15, -0.1) is 0 Å². The van der Waals surface area contributed by atoms with E-state index in [1.54, 1.807) is 7.05 Å².